The Hall–Kier alpha value is -3.61. The smallest absolute Gasteiger partial charge is 0.410 e. The van der Waals surface area contributed by atoms with Crippen LogP contribution in [-0.4, -0.2) is 38.9 Å². The fourth-order valence-electron chi connectivity index (χ4n) is 4.98. The number of nitrogens with zero attached hydrogens (tertiary/aromatic N) is 3. The standard InChI is InChI=1S/C30H37N3O4/c1-6-22(20-26(34)36-24-16-11-8-12-17-24)28-21(2)27(31-33(28)23-14-9-7-10-15-23)25-18-13-19-32(25)29(35)37-30(3,4)5/h7-12,14-17,22,25H,6,13,18-20H2,1-5H3. The van der Waals surface area contributed by atoms with Crippen molar-refractivity contribution in [2.75, 3.05) is 6.54 Å². The third kappa shape index (κ3) is 6.21. The van der Waals surface area contributed by atoms with Gasteiger partial charge in [-0.05, 0) is 76.8 Å². The van der Waals surface area contributed by atoms with Gasteiger partial charge < -0.3 is 9.47 Å². The summed E-state index contributed by atoms with van der Waals surface area (Å²) >= 11 is 0. The molecule has 3 aromatic rings. The monoisotopic (exact) mass is 503 g/mol. The molecule has 2 heterocycles. The molecular formula is C30H37N3O4. The lowest BCUT2D eigenvalue weighted by Gasteiger charge is -2.28. The second-order valence-corrected chi connectivity index (χ2v) is 10.6. The summed E-state index contributed by atoms with van der Waals surface area (Å²) in [6.07, 6.45) is 2.35. The lowest BCUT2D eigenvalue weighted by Crippen LogP contribution is -2.36. The zero-order valence-corrected chi connectivity index (χ0v) is 22.4. The molecule has 1 aliphatic rings. The van der Waals surface area contributed by atoms with Gasteiger partial charge in [-0.15, -0.1) is 0 Å². The van der Waals surface area contributed by atoms with Gasteiger partial charge in [0.05, 0.1) is 29.5 Å². The van der Waals surface area contributed by atoms with Crippen LogP contribution in [0.1, 0.15) is 82.3 Å². The van der Waals surface area contributed by atoms with Crippen LogP contribution in [0.2, 0.25) is 0 Å². The van der Waals surface area contributed by atoms with Crippen LogP contribution in [-0.2, 0) is 9.53 Å². The molecule has 1 fully saturated rings. The van der Waals surface area contributed by atoms with Crippen LogP contribution < -0.4 is 4.74 Å². The second kappa shape index (κ2) is 11.2. The van der Waals surface area contributed by atoms with Crippen molar-refractivity contribution < 1.29 is 19.1 Å². The fraction of sp³-hybridized carbons (Fsp3) is 0.433. The van der Waals surface area contributed by atoms with E-state index < -0.39 is 5.60 Å². The Labute approximate surface area is 219 Å². The van der Waals surface area contributed by atoms with E-state index in [0.29, 0.717) is 12.3 Å². The lowest BCUT2D eigenvalue weighted by molar-refractivity contribution is -0.134. The molecule has 2 aromatic carbocycles. The molecule has 1 saturated heterocycles. The summed E-state index contributed by atoms with van der Waals surface area (Å²) in [6.45, 7) is 10.4. The molecule has 37 heavy (non-hydrogen) atoms. The second-order valence-electron chi connectivity index (χ2n) is 10.6. The van der Waals surface area contributed by atoms with Gasteiger partial charge in [-0.2, -0.15) is 5.10 Å². The number of hydrogen-bond acceptors (Lipinski definition) is 5. The molecule has 7 heteroatoms. The van der Waals surface area contributed by atoms with Crippen LogP contribution in [0.4, 0.5) is 4.79 Å². The number of rotatable bonds is 7. The predicted molar refractivity (Wildman–Crippen MR) is 143 cm³/mol. The zero-order valence-electron chi connectivity index (χ0n) is 22.4. The van der Waals surface area contributed by atoms with E-state index in [4.69, 9.17) is 14.6 Å². The van der Waals surface area contributed by atoms with Gasteiger partial charge in [0.25, 0.3) is 0 Å². The number of carbonyl (C=O) groups is 2. The first-order chi connectivity index (χ1) is 17.7. The van der Waals surface area contributed by atoms with Crippen molar-refractivity contribution in [1.29, 1.82) is 0 Å². The van der Waals surface area contributed by atoms with Gasteiger partial charge in [-0.25, -0.2) is 9.48 Å². The quantitative estimate of drug-likeness (QED) is 0.264. The Morgan fingerprint density at radius 2 is 1.70 bits per heavy atom. The number of ether oxygens (including phenoxy) is 2. The van der Waals surface area contributed by atoms with E-state index in [-0.39, 0.29) is 30.4 Å². The third-order valence-electron chi connectivity index (χ3n) is 6.67. The van der Waals surface area contributed by atoms with Crippen molar-refractivity contribution in [2.24, 2.45) is 0 Å². The van der Waals surface area contributed by atoms with Crippen molar-refractivity contribution in [3.63, 3.8) is 0 Å². The predicted octanol–water partition coefficient (Wildman–Crippen LogP) is 6.74. The molecule has 1 amide bonds. The van der Waals surface area contributed by atoms with E-state index in [0.717, 1.165) is 41.9 Å². The highest BCUT2D eigenvalue weighted by Gasteiger charge is 2.37. The molecule has 0 radical (unpaired) electrons. The van der Waals surface area contributed by atoms with Gasteiger partial charge in [0.1, 0.15) is 11.4 Å². The highest BCUT2D eigenvalue weighted by Crippen LogP contribution is 2.39. The maximum absolute atomic E-state index is 13.0. The summed E-state index contributed by atoms with van der Waals surface area (Å²) in [4.78, 5) is 27.8. The number of para-hydroxylation sites is 2. The van der Waals surface area contributed by atoms with Crippen molar-refractivity contribution in [3.05, 3.63) is 77.6 Å². The third-order valence-corrected chi connectivity index (χ3v) is 6.67. The number of benzene rings is 2. The molecule has 0 aliphatic carbocycles. The maximum Gasteiger partial charge on any atom is 0.410 e. The topological polar surface area (TPSA) is 73.7 Å². The first kappa shape index (κ1) is 26.5. The van der Waals surface area contributed by atoms with E-state index in [1.165, 1.54) is 0 Å². The van der Waals surface area contributed by atoms with Crippen LogP contribution in [0, 0.1) is 6.92 Å². The highest BCUT2D eigenvalue weighted by molar-refractivity contribution is 5.73. The Kier molecular flexibility index (Phi) is 8.00. The minimum Gasteiger partial charge on any atom is -0.444 e. The van der Waals surface area contributed by atoms with Gasteiger partial charge >= 0.3 is 12.1 Å². The number of carbonyl (C=O) groups excluding carboxylic acids is 2. The van der Waals surface area contributed by atoms with Gasteiger partial charge in [-0.3, -0.25) is 9.69 Å². The van der Waals surface area contributed by atoms with Crippen LogP contribution >= 0.6 is 0 Å². The minimum atomic E-state index is -0.569. The van der Waals surface area contributed by atoms with E-state index >= 15 is 0 Å². The van der Waals surface area contributed by atoms with Gasteiger partial charge in [-0.1, -0.05) is 43.3 Å². The number of aromatic nitrogens is 2. The lowest BCUT2D eigenvalue weighted by atomic mass is 9.93. The molecule has 1 aromatic heterocycles. The Morgan fingerprint density at radius 1 is 1.05 bits per heavy atom. The molecule has 2 unspecified atom stereocenters. The Bertz CT molecular complexity index is 1210. The summed E-state index contributed by atoms with van der Waals surface area (Å²) in [5, 5.41) is 5.07. The summed E-state index contributed by atoms with van der Waals surface area (Å²) in [6, 6.07) is 18.9. The van der Waals surface area contributed by atoms with Crippen molar-refractivity contribution in [3.8, 4) is 11.4 Å². The normalized spacial score (nSPS) is 16.5. The molecule has 0 bridgehead atoms. The van der Waals surface area contributed by atoms with Gasteiger partial charge in [0.2, 0.25) is 0 Å². The molecule has 0 spiro atoms. The summed E-state index contributed by atoms with van der Waals surface area (Å²) in [5.74, 6) is 0.153. The molecule has 4 rings (SSSR count). The van der Waals surface area contributed by atoms with Crippen molar-refractivity contribution in [1.82, 2.24) is 14.7 Å². The summed E-state index contributed by atoms with van der Waals surface area (Å²) < 4.78 is 13.3. The van der Waals surface area contributed by atoms with Crippen LogP contribution in [0.3, 0.4) is 0 Å². The first-order valence-electron chi connectivity index (χ1n) is 13.1. The average molecular weight is 504 g/mol. The molecule has 2 atom stereocenters. The number of likely N-dealkylation sites (tertiary alicyclic amines) is 1. The highest BCUT2D eigenvalue weighted by atomic mass is 16.6. The molecule has 7 nitrogen and oxygen atoms in total. The van der Waals surface area contributed by atoms with Gasteiger partial charge in [0, 0.05) is 12.5 Å². The SMILES string of the molecule is CCC(CC(=O)Oc1ccccc1)c1c(C)c(C2CCCN2C(=O)OC(C)(C)C)nn1-c1ccccc1. The molecular weight excluding hydrogens is 466 g/mol. The maximum atomic E-state index is 13.0. The number of esters is 1. The van der Waals surface area contributed by atoms with E-state index in [1.807, 2.05) is 80.9 Å². The average Bonchev–Trinajstić information content (AvgIpc) is 3.47. The van der Waals surface area contributed by atoms with Crippen LogP contribution in [0.15, 0.2) is 60.7 Å². The molecule has 1 aliphatic heterocycles. The van der Waals surface area contributed by atoms with Crippen molar-refractivity contribution >= 4 is 12.1 Å². The fourth-order valence-corrected chi connectivity index (χ4v) is 4.98. The Balaban J connectivity index is 1.69. The number of hydrogen-bond donors (Lipinski definition) is 0. The molecule has 0 saturated carbocycles. The van der Waals surface area contributed by atoms with Crippen molar-refractivity contribution in [2.45, 2.75) is 77.9 Å². The minimum absolute atomic E-state index is 0.103. The van der Waals surface area contributed by atoms with Crippen LogP contribution in [0.25, 0.3) is 5.69 Å². The Morgan fingerprint density at radius 3 is 2.32 bits per heavy atom. The van der Waals surface area contributed by atoms with E-state index in [1.54, 1.807) is 17.0 Å². The first-order valence-corrected chi connectivity index (χ1v) is 13.1. The summed E-state index contributed by atoms with van der Waals surface area (Å²) in [7, 11) is 0. The summed E-state index contributed by atoms with van der Waals surface area (Å²) in [5.41, 5.74) is 3.19. The molecule has 196 valence electrons. The van der Waals surface area contributed by atoms with Crippen LogP contribution in [0.5, 0.6) is 5.75 Å². The zero-order chi connectivity index (χ0) is 26.6. The molecule has 0 N–H and O–H groups in total. The van der Waals surface area contributed by atoms with E-state index in [2.05, 4.69) is 6.92 Å². The van der Waals surface area contributed by atoms with Gasteiger partial charge in [0.15, 0.2) is 0 Å². The largest absolute Gasteiger partial charge is 0.444 e. The van der Waals surface area contributed by atoms with E-state index in [9.17, 15) is 9.59 Å². The number of amides is 1.